The van der Waals surface area contributed by atoms with Gasteiger partial charge in [0.05, 0.1) is 0 Å². The molecule has 0 radical (unpaired) electrons. The number of hydrogen-bond donors (Lipinski definition) is 2. The van der Waals surface area contributed by atoms with Gasteiger partial charge in [0.2, 0.25) is 0 Å². The van der Waals surface area contributed by atoms with Gasteiger partial charge in [-0.3, -0.25) is 0 Å². The van der Waals surface area contributed by atoms with Crippen LogP contribution in [0.15, 0.2) is 24.3 Å². The molecule has 0 aromatic heterocycles. The second-order valence-electron chi connectivity index (χ2n) is 4.11. The number of rotatable bonds is 8. The van der Waals surface area contributed by atoms with E-state index < -0.39 is 0 Å². The Kier molecular flexibility index (Phi) is 8.09. The fourth-order valence-electron chi connectivity index (χ4n) is 1.55. The molecule has 0 spiro atoms. The Hall–Kier alpha value is -1.20. The first-order valence-corrected chi connectivity index (χ1v) is 6.97. The van der Waals surface area contributed by atoms with Gasteiger partial charge in [-0.2, -0.15) is 0 Å². The van der Waals surface area contributed by atoms with Crippen molar-refractivity contribution in [1.82, 2.24) is 10.6 Å². The number of benzene rings is 1. The SMILES string of the molecule is CCOCCCNC(=S)NCCc1ccc(F)cc1. The van der Waals surface area contributed by atoms with E-state index in [2.05, 4.69) is 10.6 Å². The molecular weight excluding hydrogens is 263 g/mol. The smallest absolute Gasteiger partial charge is 0.166 e. The molecule has 3 nitrogen and oxygen atoms in total. The summed E-state index contributed by atoms with van der Waals surface area (Å²) in [5, 5.41) is 6.89. The van der Waals surface area contributed by atoms with Crippen LogP contribution >= 0.6 is 12.2 Å². The van der Waals surface area contributed by atoms with Crippen molar-refractivity contribution in [2.75, 3.05) is 26.3 Å². The predicted octanol–water partition coefficient (Wildman–Crippen LogP) is 2.26. The second-order valence-corrected chi connectivity index (χ2v) is 4.52. The fourth-order valence-corrected chi connectivity index (χ4v) is 1.76. The highest BCUT2D eigenvalue weighted by Crippen LogP contribution is 2.02. The van der Waals surface area contributed by atoms with Gasteiger partial charge in [-0.1, -0.05) is 12.1 Å². The van der Waals surface area contributed by atoms with Crippen molar-refractivity contribution >= 4 is 17.3 Å². The fraction of sp³-hybridized carbons (Fsp3) is 0.500. The molecule has 0 saturated heterocycles. The molecule has 0 saturated carbocycles. The minimum atomic E-state index is -0.205. The van der Waals surface area contributed by atoms with E-state index in [9.17, 15) is 4.39 Å². The van der Waals surface area contributed by atoms with Gasteiger partial charge < -0.3 is 15.4 Å². The number of hydrogen-bond acceptors (Lipinski definition) is 2. The second kappa shape index (κ2) is 9.69. The maximum Gasteiger partial charge on any atom is 0.166 e. The highest BCUT2D eigenvalue weighted by Gasteiger charge is 1.97. The van der Waals surface area contributed by atoms with Crippen molar-refractivity contribution in [1.29, 1.82) is 0 Å². The number of thiocarbonyl (C=S) groups is 1. The standard InChI is InChI=1S/C14H21FN2OS/c1-2-18-11-3-9-16-14(19)17-10-8-12-4-6-13(15)7-5-12/h4-7H,2-3,8-11H2,1H3,(H2,16,17,19). The number of halogens is 1. The van der Waals surface area contributed by atoms with E-state index in [1.54, 1.807) is 12.1 Å². The summed E-state index contributed by atoms with van der Waals surface area (Å²) in [6.45, 7) is 5.03. The Morgan fingerprint density at radius 1 is 1.21 bits per heavy atom. The van der Waals surface area contributed by atoms with Crippen molar-refractivity contribution < 1.29 is 9.13 Å². The predicted molar refractivity (Wildman–Crippen MR) is 79.8 cm³/mol. The highest BCUT2D eigenvalue weighted by molar-refractivity contribution is 7.80. The molecule has 1 rings (SSSR count). The summed E-state index contributed by atoms with van der Waals surface area (Å²) in [6.07, 6.45) is 1.76. The van der Waals surface area contributed by atoms with Crippen LogP contribution in [0.2, 0.25) is 0 Å². The molecule has 19 heavy (non-hydrogen) atoms. The lowest BCUT2D eigenvalue weighted by Crippen LogP contribution is -2.37. The Morgan fingerprint density at radius 2 is 1.89 bits per heavy atom. The normalized spacial score (nSPS) is 10.2. The molecule has 0 heterocycles. The highest BCUT2D eigenvalue weighted by atomic mass is 32.1. The summed E-state index contributed by atoms with van der Waals surface area (Å²) in [5.41, 5.74) is 1.09. The molecule has 0 aliphatic carbocycles. The van der Waals surface area contributed by atoms with Crippen LogP contribution < -0.4 is 10.6 Å². The molecule has 5 heteroatoms. The zero-order valence-corrected chi connectivity index (χ0v) is 12.1. The lowest BCUT2D eigenvalue weighted by atomic mass is 10.1. The van der Waals surface area contributed by atoms with Crippen molar-refractivity contribution in [2.45, 2.75) is 19.8 Å². The lowest BCUT2D eigenvalue weighted by molar-refractivity contribution is 0.145. The zero-order valence-electron chi connectivity index (χ0n) is 11.2. The van der Waals surface area contributed by atoms with Crippen LogP contribution in [-0.2, 0) is 11.2 Å². The van der Waals surface area contributed by atoms with Gasteiger partial charge in [0.1, 0.15) is 5.82 Å². The van der Waals surface area contributed by atoms with Crippen molar-refractivity contribution in [3.63, 3.8) is 0 Å². The third-order valence-corrected chi connectivity index (χ3v) is 2.86. The van der Waals surface area contributed by atoms with Gasteiger partial charge in [-0.15, -0.1) is 0 Å². The third kappa shape index (κ3) is 7.74. The average Bonchev–Trinajstić information content (AvgIpc) is 2.41. The van der Waals surface area contributed by atoms with E-state index in [0.717, 1.165) is 44.7 Å². The van der Waals surface area contributed by atoms with Crippen molar-refractivity contribution in [3.05, 3.63) is 35.6 Å². The minimum absolute atomic E-state index is 0.205. The number of ether oxygens (including phenoxy) is 1. The molecule has 1 aromatic carbocycles. The minimum Gasteiger partial charge on any atom is -0.382 e. The molecule has 106 valence electrons. The Labute approximate surface area is 119 Å². The van der Waals surface area contributed by atoms with Gasteiger partial charge in [-0.25, -0.2) is 4.39 Å². The summed E-state index contributed by atoms with van der Waals surface area (Å²) in [6, 6.07) is 6.52. The van der Waals surface area contributed by atoms with E-state index in [4.69, 9.17) is 17.0 Å². The Balaban J connectivity index is 2.05. The topological polar surface area (TPSA) is 33.3 Å². The summed E-state index contributed by atoms with van der Waals surface area (Å²) in [7, 11) is 0. The molecule has 0 bridgehead atoms. The molecule has 0 aliphatic rings. The van der Waals surface area contributed by atoms with Crippen LogP contribution in [0.4, 0.5) is 4.39 Å². The molecule has 0 fully saturated rings. The Morgan fingerprint density at radius 3 is 2.58 bits per heavy atom. The summed E-state index contributed by atoms with van der Waals surface area (Å²) in [4.78, 5) is 0. The van der Waals surface area contributed by atoms with Gasteiger partial charge in [0.15, 0.2) is 5.11 Å². The molecular formula is C14H21FN2OS. The first kappa shape index (κ1) is 15.9. The van der Waals surface area contributed by atoms with Crippen LogP contribution in [0.3, 0.4) is 0 Å². The monoisotopic (exact) mass is 284 g/mol. The van der Waals surface area contributed by atoms with Crippen molar-refractivity contribution in [3.8, 4) is 0 Å². The lowest BCUT2D eigenvalue weighted by Gasteiger charge is -2.10. The first-order chi connectivity index (χ1) is 9.22. The van der Waals surface area contributed by atoms with E-state index >= 15 is 0 Å². The zero-order chi connectivity index (χ0) is 13.9. The first-order valence-electron chi connectivity index (χ1n) is 6.56. The molecule has 1 aromatic rings. The molecule has 0 aliphatic heterocycles. The van der Waals surface area contributed by atoms with Gasteiger partial charge in [0.25, 0.3) is 0 Å². The van der Waals surface area contributed by atoms with E-state index in [1.165, 1.54) is 12.1 Å². The number of nitrogens with one attached hydrogen (secondary N) is 2. The van der Waals surface area contributed by atoms with Gasteiger partial charge in [0, 0.05) is 26.3 Å². The summed E-state index contributed by atoms with van der Waals surface area (Å²) < 4.78 is 17.9. The van der Waals surface area contributed by atoms with Crippen LogP contribution in [0.25, 0.3) is 0 Å². The largest absolute Gasteiger partial charge is 0.382 e. The molecule has 0 amide bonds. The van der Waals surface area contributed by atoms with Crippen LogP contribution in [0.1, 0.15) is 18.9 Å². The van der Waals surface area contributed by atoms with E-state index in [0.29, 0.717) is 5.11 Å². The molecule has 0 unspecified atom stereocenters. The summed E-state index contributed by atoms with van der Waals surface area (Å²) >= 11 is 5.15. The van der Waals surface area contributed by atoms with Crippen LogP contribution in [0, 0.1) is 5.82 Å². The Bertz CT molecular complexity index is 370. The van der Waals surface area contributed by atoms with Crippen LogP contribution in [-0.4, -0.2) is 31.4 Å². The average molecular weight is 284 g/mol. The quantitative estimate of drug-likeness (QED) is 0.567. The van der Waals surface area contributed by atoms with Gasteiger partial charge >= 0.3 is 0 Å². The van der Waals surface area contributed by atoms with Gasteiger partial charge in [-0.05, 0) is 49.7 Å². The maximum absolute atomic E-state index is 12.7. The molecule has 0 atom stereocenters. The van der Waals surface area contributed by atoms with Crippen LogP contribution in [0.5, 0.6) is 0 Å². The molecule has 2 N–H and O–H groups in total. The van der Waals surface area contributed by atoms with E-state index in [1.807, 2.05) is 6.92 Å². The van der Waals surface area contributed by atoms with Crippen molar-refractivity contribution in [2.24, 2.45) is 0 Å². The van der Waals surface area contributed by atoms with E-state index in [-0.39, 0.29) is 5.82 Å². The summed E-state index contributed by atoms with van der Waals surface area (Å²) in [5.74, 6) is -0.205. The third-order valence-electron chi connectivity index (χ3n) is 2.57. The maximum atomic E-state index is 12.7.